The third-order valence-electron chi connectivity index (χ3n) is 3.22. The molecule has 0 bridgehead atoms. The largest absolute Gasteiger partial charge is 0.283 e. The second kappa shape index (κ2) is 3.45. The molecule has 0 atom stereocenters. The van der Waals surface area contributed by atoms with Crippen LogP contribution in [0.2, 0.25) is 0 Å². The van der Waals surface area contributed by atoms with E-state index in [1.165, 1.54) is 10.9 Å². The first-order valence-corrected chi connectivity index (χ1v) is 5.63. The molecule has 0 saturated carbocycles. The first-order chi connectivity index (χ1) is 8.18. The number of rotatable bonds is 1. The van der Waals surface area contributed by atoms with E-state index in [1.54, 1.807) is 0 Å². The van der Waals surface area contributed by atoms with Crippen molar-refractivity contribution < 1.29 is 0 Å². The lowest BCUT2D eigenvalue weighted by Gasteiger charge is -2.01. The highest BCUT2D eigenvalue weighted by atomic mass is 15.2. The molecule has 1 N–H and O–H groups in total. The van der Waals surface area contributed by atoms with Gasteiger partial charge in [-0.05, 0) is 38.5 Å². The molecule has 86 valence electrons. The fourth-order valence-electron chi connectivity index (χ4n) is 2.09. The standard InChI is InChI=1S/C13H14N4/c1-8-7-17(12-9(2)10(3)15-16-12)13-11(8)5-4-6-14-13/h4-7H,1-3H3,(H,15,16). The second-order valence-corrected chi connectivity index (χ2v) is 4.35. The molecular weight excluding hydrogens is 212 g/mol. The summed E-state index contributed by atoms with van der Waals surface area (Å²) in [5, 5.41) is 8.53. The Hall–Kier alpha value is -2.10. The van der Waals surface area contributed by atoms with Crippen LogP contribution in [0.25, 0.3) is 16.9 Å². The highest BCUT2D eigenvalue weighted by molar-refractivity contribution is 5.81. The highest BCUT2D eigenvalue weighted by Gasteiger charge is 2.12. The monoisotopic (exact) mass is 226 g/mol. The molecule has 0 radical (unpaired) electrons. The highest BCUT2D eigenvalue weighted by Crippen LogP contribution is 2.23. The maximum atomic E-state index is 4.44. The van der Waals surface area contributed by atoms with Gasteiger partial charge < -0.3 is 0 Å². The summed E-state index contributed by atoms with van der Waals surface area (Å²) in [6, 6.07) is 4.05. The fourth-order valence-corrected chi connectivity index (χ4v) is 2.09. The second-order valence-electron chi connectivity index (χ2n) is 4.35. The van der Waals surface area contributed by atoms with Crippen molar-refractivity contribution in [3.63, 3.8) is 0 Å². The molecule has 4 nitrogen and oxygen atoms in total. The van der Waals surface area contributed by atoms with Crippen LogP contribution in [-0.2, 0) is 0 Å². The summed E-state index contributed by atoms with van der Waals surface area (Å²) in [6.45, 7) is 6.19. The lowest BCUT2D eigenvalue weighted by molar-refractivity contribution is 0.961. The number of pyridine rings is 1. The Balaban J connectivity index is 2.35. The fraction of sp³-hybridized carbons (Fsp3) is 0.231. The van der Waals surface area contributed by atoms with E-state index in [4.69, 9.17) is 0 Å². The predicted octanol–water partition coefficient (Wildman–Crippen LogP) is 2.67. The summed E-state index contributed by atoms with van der Waals surface area (Å²) in [7, 11) is 0. The maximum Gasteiger partial charge on any atom is 0.163 e. The smallest absolute Gasteiger partial charge is 0.163 e. The molecule has 0 fully saturated rings. The van der Waals surface area contributed by atoms with Crippen molar-refractivity contribution >= 4 is 11.0 Å². The van der Waals surface area contributed by atoms with Crippen LogP contribution in [0.5, 0.6) is 0 Å². The van der Waals surface area contributed by atoms with Crippen LogP contribution in [0.3, 0.4) is 0 Å². The van der Waals surface area contributed by atoms with Gasteiger partial charge in [0, 0.05) is 29.0 Å². The third kappa shape index (κ3) is 1.37. The minimum Gasteiger partial charge on any atom is -0.283 e. The molecule has 0 aliphatic heterocycles. The average molecular weight is 226 g/mol. The van der Waals surface area contributed by atoms with E-state index in [9.17, 15) is 0 Å². The van der Waals surface area contributed by atoms with E-state index in [1.807, 2.05) is 23.8 Å². The Morgan fingerprint density at radius 3 is 2.76 bits per heavy atom. The minimum absolute atomic E-state index is 0.930. The minimum atomic E-state index is 0.930. The van der Waals surface area contributed by atoms with Crippen LogP contribution in [-0.4, -0.2) is 19.7 Å². The van der Waals surface area contributed by atoms with Crippen LogP contribution in [0, 0.1) is 20.8 Å². The average Bonchev–Trinajstić information content (AvgIpc) is 2.83. The van der Waals surface area contributed by atoms with Gasteiger partial charge in [0.25, 0.3) is 0 Å². The maximum absolute atomic E-state index is 4.44. The van der Waals surface area contributed by atoms with Crippen molar-refractivity contribution in [2.75, 3.05) is 0 Å². The van der Waals surface area contributed by atoms with Gasteiger partial charge in [0.05, 0.1) is 0 Å². The molecule has 4 heteroatoms. The van der Waals surface area contributed by atoms with Gasteiger partial charge in [-0.2, -0.15) is 5.10 Å². The molecule has 0 aliphatic carbocycles. The summed E-state index contributed by atoms with van der Waals surface area (Å²) in [5.74, 6) is 0.930. The number of hydrogen-bond acceptors (Lipinski definition) is 2. The summed E-state index contributed by atoms with van der Waals surface area (Å²) in [5.41, 5.74) is 4.43. The zero-order valence-corrected chi connectivity index (χ0v) is 10.2. The predicted molar refractivity (Wildman–Crippen MR) is 67.4 cm³/mol. The number of aromatic nitrogens is 4. The SMILES string of the molecule is Cc1[nH]nc(-n2cc(C)c3cccnc32)c1C. The van der Waals surface area contributed by atoms with Crippen LogP contribution in [0.4, 0.5) is 0 Å². The summed E-state index contributed by atoms with van der Waals surface area (Å²) in [4.78, 5) is 4.44. The van der Waals surface area contributed by atoms with Crippen molar-refractivity contribution in [3.05, 3.63) is 41.3 Å². The molecule has 0 amide bonds. The Morgan fingerprint density at radius 2 is 2.06 bits per heavy atom. The van der Waals surface area contributed by atoms with Gasteiger partial charge in [0.15, 0.2) is 5.82 Å². The molecule has 3 rings (SSSR count). The molecule has 17 heavy (non-hydrogen) atoms. The topological polar surface area (TPSA) is 46.5 Å². The quantitative estimate of drug-likeness (QED) is 0.693. The molecule has 0 aliphatic rings. The Morgan fingerprint density at radius 1 is 1.24 bits per heavy atom. The Kier molecular flexibility index (Phi) is 2.04. The van der Waals surface area contributed by atoms with Gasteiger partial charge >= 0.3 is 0 Å². The summed E-state index contributed by atoms with van der Waals surface area (Å²) < 4.78 is 2.05. The number of nitrogens with zero attached hydrogens (tertiary/aromatic N) is 3. The van der Waals surface area contributed by atoms with Crippen molar-refractivity contribution in [2.24, 2.45) is 0 Å². The molecule has 0 saturated heterocycles. The zero-order chi connectivity index (χ0) is 12.0. The van der Waals surface area contributed by atoms with Crippen LogP contribution in [0.1, 0.15) is 16.8 Å². The number of aryl methyl sites for hydroxylation is 2. The summed E-state index contributed by atoms with van der Waals surface area (Å²) >= 11 is 0. The first kappa shape index (κ1) is 10.1. The first-order valence-electron chi connectivity index (χ1n) is 5.63. The Labute approximate surface area is 99.3 Å². The van der Waals surface area contributed by atoms with Gasteiger partial charge in [0.2, 0.25) is 0 Å². The van der Waals surface area contributed by atoms with Crippen LogP contribution in [0.15, 0.2) is 24.5 Å². The number of fused-ring (bicyclic) bond motifs is 1. The number of nitrogens with one attached hydrogen (secondary N) is 1. The molecule has 0 aromatic carbocycles. The van der Waals surface area contributed by atoms with E-state index in [0.29, 0.717) is 0 Å². The zero-order valence-electron chi connectivity index (χ0n) is 10.2. The van der Waals surface area contributed by atoms with Crippen LogP contribution < -0.4 is 0 Å². The van der Waals surface area contributed by atoms with Gasteiger partial charge in [-0.15, -0.1) is 0 Å². The lowest BCUT2D eigenvalue weighted by atomic mass is 10.2. The van der Waals surface area contributed by atoms with Crippen molar-refractivity contribution in [1.82, 2.24) is 19.7 Å². The molecule has 3 aromatic heterocycles. The van der Waals surface area contributed by atoms with Gasteiger partial charge in [-0.1, -0.05) is 0 Å². The van der Waals surface area contributed by atoms with Crippen LogP contribution >= 0.6 is 0 Å². The van der Waals surface area contributed by atoms with Crippen molar-refractivity contribution in [2.45, 2.75) is 20.8 Å². The third-order valence-corrected chi connectivity index (χ3v) is 3.22. The summed E-state index contributed by atoms with van der Waals surface area (Å²) in [6.07, 6.45) is 3.90. The van der Waals surface area contributed by atoms with Gasteiger partial charge in [0.1, 0.15) is 5.65 Å². The molecule has 3 aromatic rings. The van der Waals surface area contributed by atoms with E-state index in [0.717, 1.165) is 22.7 Å². The number of aromatic amines is 1. The van der Waals surface area contributed by atoms with Gasteiger partial charge in [-0.25, -0.2) is 4.98 Å². The molecule has 0 unspecified atom stereocenters. The van der Waals surface area contributed by atoms with Crippen molar-refractivity contribution in [3.8, 4) is 5.82 Å². The Bertz CT molecular complexity index is 691. The van der Waals surface area contributed by atoms with Gasteiger partial charge in [-0.3, -0.25) is 9.67 Å². The molecule has 3 heterocycles. The molecule has 0 spiro atoms. The number of H-pyrrole nitrogens is 1. The van der Waals surface area contributed by atoms with Crippen molar-refractivity contribution in [1.29, 1.82) is 0 Å². The van der Waals surface area contributed by atoms with E-state index in [2.05, 4.69) is 41.3 Å². The van der Waals surface area contributed by atoms with E-state index >= 15 is 0 Å². The normalized spacial score (nSPS) is 11.2. The number of hydrogen-bond donors (Lipinski definition) is 1. The molecular formula is C13H14N4. The lowest BCUT2D eigenvalue weighted by Crippen LogP contribution is -1.96. The van der Waals surface area contributed by atoms with E-state index < -0.39 is 0 Å². The van der Waals surface area contributed by atoms with E-state index in [-0.39, 0.29) is 0 Å².